The summed E-state index contributed by atoms with van der Waals surface area (Å²) >= 11 is 1.15. The molecular weight excluding hydrogens is 428 g/mol. The Labute approximate surface area is 188 Å². The van der Waals surface area contributed by atoms with E-state index < -0.39 is 20.0 Å². The second-order valence-electron chi connectivity index (χ2n) is 7.10. The van der Waals surface area contributed by atoms with Gasteiger partial charge in [0, 0.05) is 4.90 Å². The van der Waals surface area contributed by atoms with Crippen LogP contribution in [0.2, 0.25) is 0 Å². The number of rotatable bonds is 10. The molecule has 0 saturated heterocycles. The Hall–Kier alpha value is -2.54. The second-order valence-corrected chi connectivity index (χ2v) is 10.6. The van der Waals surface area contributed by atoms with Crippen molar-refractivity contribution < 1.29 is 18.3 Å². The van der Waals surface area contributed by atoms with Crippen LogP contribution in [0.3, 0.4) is 0 Å². The van der Waals surface area contributed by atoms with Gasteiger partial charge < -0.3 is 9.84 Å². The fourth-order valence-electron chi connectivity index (χ4n) is 3.37. The highest BCUT2D eigenvalue weighted by atomic mass is 32.3. The van der Waals surface area contributed by atoms with Crippen LogP contribution in [-0.2, 0) is 15.4 Å². The molecule has 0 spiro atoms. The van der Waals surface area contributed by atoms with E-state index in [1.54, 1.807) is 67.8 Å². The third-order valence-corrected chi connectivity index (χ3v) is 9.13. The van der Waals surface area contributed by atoms with Crippen LogP contribution in [0.4, 0.5) is 0 Å². The molecular formula is C25H26O4S2. The summed E-state index contributed by atoms with van der Waals surface area (Å²) in [6.45, 7) is 3.76. The SMILES string of the molecule is C=CCCC(O)(c1ccc(OC)cc1)C(Sc1ccccc1)S(=O)(=O)c1ccccc1. The standard InChI is InChI=1S/C25H26O4S2/c1-3-4-19-25(26,20-15-17-21(29-2)18-16-20)24(30-22-11-7-5-8-12-22)31(27,28)23-13-9-6-10-14-23/h3,5-18,24,26H,1,4,19H2,2H3. The number of sulfone groups is 1. The zero-order valence-corrected chi connectivity index (χ0v) is 19.0. The largest absolute Gasteiger partial charge is 0.497 e. The molecule has 0 aliphatic heterocycles. The van der Waals surface area contributed by atoms with Crippen molar-refractivity contribution in [1.29, 1.82) is 0 Å². The van der Waals surface area contributed by atoms with E-state index >= 15 is 0 Å². The summed E-state index contributed by atoms with van der Waals surface area (Å²) in [4.78, 5) is 0.937. The van der Waals surface area contributed by atoms with Crippen molar-refractivity contribution in [2.45, 2.75) is 32.8 Å². The molecule has 0 aliphatic carbocycles. The van der Waals surface area contributed by atoms with Crippen LogP contribution in [-0.4, -0.2) is 25.2 Å². The minimum absolute atomic E-state index is 0.175. The molecule has 2 unspecified atom stereocenters. The Morgan fingerprint density at radius 2 is 1.58 bits per heavy atom. The van der Waals surface area contributed by atoms with Crippen LogP contribution >= 0.6 is 11.8 Å². The van der Waals surface area contributed by atoms with Crippen molar-refractivity contribution in [3.63, 3.8) is 0 Å². The predicted molar refractivity (Wildman–Crippen MR) is 126 cm³/mol. The highest BCUT2D eigenvalue weighted by Gasteiger charge is 2.47. The molecule has 0 saturated carbocycles. The summed E-state index contributed by atoms with van der Waals surface area (Å²) in [6.07, 6.45) is 2.35. The Kier molecular flexibility index (Phi) is 7.59. The Balaban J connectivity index is 2.17. The topological polar surface area (TPSA) is 63.6 Å². The van der Waals surface area contributed by atoms with Crippen LogP contribution in [0.1, 0.15) is 18.4 Å². The first-order valence-corrected chi connectivity index (χ1v) is 12.3. The molecule has 6 heteroatoms. The number of aliphatic hydroxyl groups is 1. The first-order valence-electron chi connectivity index (χ1n) is 9.90. The van der Waals surface area contributed by atoms with E-state index in [-0.39, 0.29) is 11.3 Å². The Bertz CT molecular complexity index is 1080. The summed E-state index contributed by atoms with van der Waals surface area (Å²) in [5.41, 5.74) is -1.14. The molecule has 4 nitrogen and oxygen atoms in total. The molecule has 31 heavy (non-hydrogen) atoms. The van der Waals surface area contributed by atoms with Crippen molar-refractivity contribution in [3.05, 3.63) is 103 Å². The first-order chi connectivity index (χ1) is 14.9. The van der Waals surface area contributed by atoms with Crippen LogP contribution in [0.25, 0.3) is 0 Å². The van der Waals surface area contributed by atoms with Crippen molar-refractivity contribution in [2.75, 3.05) is 7.11 Å². The molecule has 0 amide bonds. The number of allylic oxidation sites excluding steroid dienone is 1. The maximum absolute atomic E-state index is 13.8. The van der Waals surface area contributed by atoms with Crippen molar-refractivity contribution >= 4 is 21.6 Å². The van der Waals surface area contributed by atoms with Gasteiger partial charge in [-0.05, 0) is 54.8 Å². The zero-order chi connectivity index (χ0) is 22.3. The van der Waals surface area contributed by atoms with Gasteiger partial charge in [0.05, 0.1) is 12.0 Å². The first kappa shape index (κ1) is 23.1. The lowest BCUT2D eigenvalue weighted by Crippen LogP contribution is -2.42. The molecule has 0 aliphatic rings. The van der Waals surface area contributed by atoms with Crippen molar-refractivity contribution in [2.24, 2.45) is 0 Å². The minimum Gasteiger partial charge on any atom is -0.497 e. The van der Waals surface area contributed by atoms with Crippen molar-refractivity contribution in [3.8, 4) is 5.75 Å². The average molecular weight is 455 g/mol. The van der Waals surface area contributed by atoms with E-state index in [9.17, 15) is 13.5 Å². The van der Waals surface area contributed by atoms with E-state index in [2.05, 4.69) is 6.58 Å². The van der Waals surface area contributed by atoms with Gasteiger partial charge in [-0.1, -0.05) is 54.6 Å². The number of hydrogen-bond donors (Lipinski definition) is 1. The molecule has 3 aromatic carbocycles. The van der Waals surface area contributed by atoms with E-state index in [4.69, 9.17) is 4.74 Å². The van der Waals surface area contributed by atoms with E-state index in [1.807, 2.05) is 30.3 Å². The molecule has 0 aromatic heterocycles. The number of benzene rings is 3. The third-order valence-electron chi connectivity index (χ3n) is 5.05. The smallest absolute Gasteiger partial charge is 0.194 e. The minimum atomic E-state index is -3.90. The number of thioether (sulfide) groups is 1. The predicted octanol–water partition coefficient (Wildman–Crippen LogP) is 5.44. The fourth-order valence-corrected chi connectivity index (χ4v) is 7.11. The van der Waals surface area contributed by atoms with E-state index in [0.29, 0.717) is 17.7 Å². The quantitative estimate of drug-likeness (QED) is 0.326. The summed E-state index contributed by atoms with van der Waals surface area (Å²) in [7, 11) is -2.34. The van der Waals surface area contributed by atoms with Gasteiger partial charge in [0.2, 0.25) is 0 Å². The van der Waals surface area contributed by atoms with E-state index in [0.717, 1.165) is 16.7 Å². The van der Waals surface area contributed by atoms with Gasteiger partial charge in [0.1, 0.15) is 15.9 Å². The molecule has 3 rings (SSSR count). The molecule has 0 fully saturated rings. The molecule has 1 N–H and O–H groups in total. The van der Waals surface area contributed by atoms with Crippen LogP contribution in [0, 0.1) is 0 Å². The molecule has 2 atom stereocenters. The fraction of sp³-hybridized carbons (Fsp3) is 0.200. The Morgan fingerprint density at radius 3 is 2.13 bits per heavy atom. The van der Waals surface area contributed by atoms with Gasteiger partial charge in [0.25, 0.3) is 0 Å². The maximum Gasteiger partial charge on any atom is 0.194 e. The second kappa shape index (κ2) is 10.2. The highest BCUT2D eigenvalue weighted by Crippen LogP contribution is 2.45. The van der Waals surface area contributed by atoms with Gasteiger partial charge >= 0.3 is 0 Å². The molecule has 0 bridgehead atoms. The van der Waals surface area contributed by atoms with Gasteiger partial charge in [-0.2, -0.15) is 0 Å². The Morgan fingerprint density at radius 1 is 1.00 bits per heavy atom. The number of hydrogen-bond acceptors (Lipinski definition) is 5. The van der Waals surface area contributed by atoms with Gasteiger partial charge in [-0.15, -0.1) is 18.3 Å². The van der Waals surface area contributed by atoms with E-state index in [1.165, 1.54) is 0 Å². The monoisotopic (exact) mass is 454 g/mol. The normalized spacial score (nSPS) is 14.4. The third kappa shape index (κ3) is 5.21. The summed E-state index contributed by atoms with van der Waals surface area (Å²) < 4.78 is 31.7. The molecule has 3 aromatic rings. The number of ether oxygens (including phenoxy) is 1. The summed E-state index contributed by atoms with van der Waals surface area (Å²) in [6, 6.07) is 24.5. The van der Waals surface area contributed by atoms with Gasteiger partial charge in [-0.3, -0.25) is 0 Å². The highest BCUT2D eigenvalue weighted by molar-refractivity contribution is 8.13. The zero-order valence-electron chi connectivity index (χ0n) is 17.3. The van der Waals surface area contributed by atoms with Crippen LogP contribution in [0.15, 0.2) is 107 Å². The molecule has 0 radical (unpaired) electrons. The van der Waals surface area contributed by atoms with Crippen LogP contribution in [0.5, 0.6) is 5.75 Å². The average Bonchev–Trinajstić information content (AvgIpc) is 2.82. The van der Waals surface area contributed by atoms with Crippen molar-refractivity contribution in [1.82, 2.24) is 0 Å². The number of methoxy groups -OCH3 is 1. The maximum atomic E-state index is 13.8. The molecule has 162 valence electrons. The lowest BCUT2D eigenvalue weighted by Gasteiger charge is -2.36. The van der Waals surface area contributed by atoms with Crippen LogP contribution < -0.4 is 4.74 Å². The summed E-state index contributed by atoms with van der Waals surface area (Å²) in [5, 5.41) is 12.0. The lowest BCUT2D eigenvalue weighted by atomic mass is 9.90. The van der Waals surface area contributed by atoms with Gasteiger partial charge in [0.15, 0.2) is 9.84 Å². The summed E-state index contributed by atoms with van der Waals surface area (Å²) in [5.74, 6) is 0.632. The lowest BCUT2D eigenvalue weighted by molar-refractivity contribution is 0.0438. The van der Waals surface area contributed by atoms with Gasteiger partial charge in [-0.25, -0.2) is 8.42 Å². The molecule has 0 heterocycles.